The number of rotatable bonds is 11. The summed E-state index contributed by atoms with van der Waals surface area (Å²) in [4.78, 5) is 11.4. The monoisotopic (exact) mass is 500 g/mol. The third-order valence-corrected chi connectivity index (χ3v) is 7.92. The van der Waals surface area contributed by atoms with Crippen molar-refractivity contribution in [3.05, 3.63) is 83.4 Å². The fourth-order valence-electron chi connectivity index (χ4n) is 5.92. The zero-order valence-electron chi connectivity index (χ0n) is 22.6. The van der Waals surface area contributed by atoms with Crippen LogP contribution in [0, 0.1) is 5.41 Å². The lowest BCUT2D eigenvalue weighted by Gasteiger charge is -2.30. The lowest BCUT2D eigenvalue weighted by atomic mass is 9.75. The Hall–Kier alpha value is -3.27. The first-order valence-electron chi connectivity index (χ1n) is 13.5. The average molecular weight is 501 g/mol. The third kappa shape index (κ3) is 6.54. The molecule has 0 spiro atoms. The van der Waals surface area contributed by atoms with Gasteiger partial charge in [0.25, 0.3) is 0 Å². The molecular formula is C33H40O4. The zero-order valence-corrected chi connectivity index (χ0v) is 22.6. The van der Waals surface area contributed by atoms with Crippen LogP contribution in [0.2, 0.25) is 0 Å². The van der Waals surface area contributed by atoms with E-state index >= 15 is 0 Å². The molecule has 1 aliphatic rings. The molecule has 0 radical (unpaired) electrons. The molecule has 1 aliphatic carbocycles. The number of hydrogen-bond donors (Lipinski definition) is 1. The van der Waals surface area contributed by atoms with E-state index in [-0.39, 0.29) is 17.8 Å². The molecule has 1 fully saturated rings. The second kappa shape index (κ2) is 11.9. The highest BCUT2D eigenvalue weighted by atomic mass is 16.5. The van der Waals surface area contributed by atoms with Gasteiger partial charge in [-0.25, -0.2) is 0 Å². The molecule has 0 aliphatic heterocycles. The molecule has 37 heavy (non-hydrogen) atoms. The van der Waals surface area contributed by atoms with E-state index in [9.17, 15) is 9.90 Å². The van der Waals surface area contributed by atoms with Gasteiger partial charge in [-0.3, -0.25) is 4.79 Å². The SMILES string of the molecule is CCC[C@@H](CC(=O)O)c1cccc(OCc2ccc(-c3cccc(OC)c3)c([C@@H]3CCCC3(C)C)c2)c1. The number of hydrogen-bond acceptors (Lipinski definition) is 3. The largest absolute Gasteiger partial charge is 0.497 e. The van der Waals surface area contributed by atoms with Gasteiger partial charge in [0, 0.05) is 0 Å². The molecule has 1 N–H and O–H groups in total. The van der Waals surface area contributed by atoms with Gasteiger partial charge in [0.1, 0.15) is 18.1 Å². The standard InChI is InChI=1S/C33H40O4/c1-5-9-24(21-32(34)35)25-10-6-13-28(19-25)37-22-23-15-16-29(26-11-7-12-27(20-26)36-4)30(18-23)31-14-8-17-33(31,2)3/h6-7,10-13,15-16,18-20,24,31H,5,8-9,14,17,21-22H2,1-4H3,(H,34,35)/t24-,31-/m0/s1. The van der Waals surface area contributed by atoms with Crippen molar-refractivity contribution in [2.75, 3.05) is 7.11 Å². The normalized spacial score (nSPS) is 17.4. The number of carboxylic acids is 1. The van der Waals surface area contributed by atoms with E-state index in [4.69, 9.17) is 9.47 Å². The third-order valence-electron chi connectivity index (χ3n) is 7.92. The molecule has 1 saturated carbocycles. The number of carbonyl (C=O) groups is 1. The van der Waals surface area contributed by atoms with Crippen molar-refractivity contribution in [1.29, 1.82) is 0 Å². The van der Waals surface area contributed by atoms with Gasteiger partial charge in [0.2, 0.25) is 0 Å². The molecular weight excluding hydrogens is 460 g/mol. The Labute approximate surface area is 221 Å². The van der Waals surface area contributed by atoms with Gasteiger partial charge >= 0.3 is 5.97 Å². The molecule has 0 saturated heterocycles. The predicted molar refractivity (Wildman–Crippen MR) is 149 cm³/mol. The Kier molecular flexibility index (Phi) is 8.58. The first-order chi connectivity index (χ1) is 17.8. The van der Waals surface area contributed by atoms with Gasteiger partial charge in [-0.05, 0) is 88.6 Å². The molecule has 0 heterocycles. The first-order valence-corrected chi connectivity index (χ1v) is 13.5. The molecule has 4 heteroatoms. The molecule has 0 bridgehead atoms. The van der Waals surface area contributed by atoms with E-state index in [2.05, 4.69) is 57.2 Å². The number of aliphatic carboxylic acids is 1. The highest BCUT2D eigenvalue weighted by Gasteiger charge is 2.36. The molecule has 2 atom stereocenters. The molecule has 4 rings (SSSR count). The van der Waals surface area contributed by atoms with E-state index in [1.54, 1.807) is 7.11 Å². The average Bonchev–Trinajstić information content (AvgIpc) is 3.25. The van der Waals surface area contributed by atoms with E-state index in [0.29, 0.717) is 12.5 Å². The minimum atomic E-state index is -0.761. The van der Waals surface area contributed by atoms with E-state index < -0.39 is 5.97 Å². The molecule has 0 aromatic heterocycles. The van der Waals surface area contributed by atoms with Crippen LogP contribution in [0.3, 0.4) is 0 Å². The smallest absolute Gasteiger partial charge is 0.303 e. The lowest BCUT2D eigenvalue weighted by molar-refractivity contribution is -0.137. The number of ether oxygens (including phenoxy) is 2. The summed E-state index contributed by atoms with van der Waals surface area (Å²) in [5, 5.41) is 9.34. The predicted octanol–water partition coefficient (Wildman–Crippen LogP) is 8.59. The van der Waals surface area contributed by atoms with E-state index in [1.807, 2.05) is 30.3 Å². The molecule has 196 valence electrons. The Balaban J connectivity index is 1.60. The van der Waals surface area contributed by atoms with Crippen LogP contribution < -0.4 is 9.47 Å². The van der Waals surface area contributed by atoms with Crippen LogP contribution in [-0.4, -0.2) is 18.2 Å². The van der Waals surface area contributed by atoms with Crippen molar-refractivity contribution in [1.82, 2.24) is 0 Å². The molecule has 3 aromatic carbocycles. The Morgan fingerprint density at radius 3 is 2.54 bits per heavy atom. The summed E-state index contributed by atoms with van der Waals surface area (Å²) < 4.78 is 11.8. The Bertz CT molecular complexity index is 1210. The fraction of sp³-hybridized carbons (Fsp3) is 0.424. The van der Waals surface area contributed by atoms with Gasteiger partial charge in [-0.2, -0.15) is 0 Å². The van der Waals surface area contributed by atoms with Crippen molar-refractivity contribution < 1.29 is 19.4 Å². The molecule has 0 amide bonds. The number of carboxylic acid groups (broad SMARTS) is 1. The highest BCUT2D eigenvalue weighted by Crippen LogP contribution is 2.51. The Morgan fingerprint density at radius 2 is 1.84 bits per heavy atom. The van der Waals surface area contributed by atoms with Crippen molar-refractivity contribution in [3.63, 3.8) is 0 Å². The summed E-state index contributed by atoms with van der Waals surface area (Å²) in [6.45, 7) is 7.34. The maximum Gasteiger partial charge on any atom is 0.303 e. The van der Waals surface area contributed by atoms with Gasteiger partial charge < -0.3 is 14.6 Å². The van der Waals surface area contributed by atoms with Crippen LogP contribution in [0.25, 0.3) is 11.1 Å². The summed E-state index contributed by atoms with van der Waals surface area (Å²) in [6, 6.07) is 23.0. The molecule has 3 aromatic rings. The summed E-state index contributed by atoms with van der Waals surface area (Å²) in [5.41, 5.74) is 6.25. The topological polar surface area (TPSA) is 55.8 Å². The maximum absolute atomic E-state index is 11.4. The van der Waals surface area contributed by atoms with Crippen molar-refractivity contribution in [2.45, 2.75) is 77.7 Å². The van der Waals surface area contributed by atoms with Crippen molar-refractivity contribution >= 4 is 5.97 Å². The quantitative estimate of drug-likeness (QED) is 0.286. The summed E-state index contributed by atoms with van der Waals surface area (Å²) >= 11 is 0. The maximum atomic E-state index is 11.4. The highest BCUT2D eigenvalue weighted by molar-refractivity contribution is 5.70. The van der Waals surface area contributed by atoms with Gasteiger partial charge in [-0.15, -0.1) is 0 Å². The van der Waals surface area contributed by atoms with Crippen LogP contribution in [0.5, 0.6) is 11.5 Å². The second-order valence-corrected chi connectivity index (χ2v) is 11.0. The summed E-state index contributed by atoms with van der Waals surface area (Å²) in [6.07, 6.45) is 5.61. The Morgan fingerprint density at radius 1 is 1.05 bits per heavy atom. The van der Waals surface area contributed by atoms with E-state index in [1.165, 1.54) is 36.0 Å². The van der Waals surface area contributed by atoms with Gasteiger partial charge in [0.15, 0.2) is 0 Å². The summed E-state index contributed by atoms with van der Waals surface area (Å²) in [7, 11) is 1.71. The van der Waals surface area contributed by atoms with Crippen LogP contribution in [0.1, 0.15) is 87.8 Å². The van der Waals surface area contributed by atoms with Crippen LogP contribution in [0.4, 0.5) is 0 Å². The minimum absolute atomic E-state index is 0.00407. The van der Waals surface area contributed by atoms with Crippen molar-refractivity contribution in [3.8, 4) is 22.6 Å². The van der Waals surface area contributed by atoms with Gasteiger partial charge in [-0.1, -0.05) is 76.1 Å². The molecule has 0 unspecified atom stereocenters. The number of benzene rings is 3. The van der Waals surface area contributed by atoms with E-state index in [0.717, 1.165) is 35.5 Å². The first kappa shape index (κ1) is 26.8. The van der Waals surface area contributed by atoms with Crippen molar-refractivity contribution in [2.24, 2.45) is 5.41 Å². The minimum Gasteiger partial charge on any atom is -0.497 e. The van der Waals surface area contributed by atoms with Crippen LogP contribution in [-0.2, 0) is 11.4 Å². The summed E-state index contributed by atoms with van der Waals surface area (Å²) in [5.74, 6) is 1.38. The lowest BCUT2D eigenvalue weighted by Crippen LogP contribution is -2.16. The van der Waals surface area contributed by atoms with Crippen LogP contribution in [0.15, 0.2) is 66.7 Å². The second-order valence-electron chi connectivity index (χ2n) is 11.0. The number of methoxy groups -OCH3 is 1. The van der Waals surface area contributed by atoms with Crippen LogP contribution >= 0.6 is 0 Å². The van der Waals surface area contributed by atoms with Gasteiger partial charge in [0.05, 0.1) is 13.5 Å². The fourth-order valence-corrected chi connectivity index (χ4v) is 5.92. The molecule has 4 nitrogen and oxygen atoms in total. The zero-order chi connectivity index (χ0) is 26.4.